The zero-order valence-electron chi connectivity index (χ0n) is 14.4. The SMILES string of the molecule is CCCCCCCCCCCC=CCCCC(CO)C(=O)O. The van der Waals surface area contributed by atoms with E-state index in [4.69, 9.17) is 10.2 Å². The van der Waals surface area contributed by atoms with E-state index in [0.717, 1.165) is 19.3 Å². The largest absolute Gasteiger partial charge is 0.481 e. The smallest absolute Gasteiger partial charge is 0.308 e. The molecule has 0 radical (unpaired) electrons. The normalized spacial score (nSPS) is 12.8. The Morgan fingerprint density at radius 3 is 1.86 bits per heavy atom. The topological polar surface area (TPSA) is 57.5 Å². The van der Waals surface area contributed by atoms with Gasteiger partial charge in [-0.25, -0.2) is 0 Å². The molecule has 0 rings (SSSR count). The highest BCUT2D eigenvalue weighted by Gasteiger charge is 2.14. The third-order valence-electron chi connectivity index (χ3n) is 4.13. The molecule has 1 unspecified atom stereocenters. The van der Waals surface area contributed by atoms with Crippen molar-refractivity contribution in [1.82, 2.24) is 0 Å². The number of carboxylic acids is 1. The summed E-state index contributed by atoms with van der Waals surface area (Å²) in [7, 11) is 0. The maximum atomic E-state index is 10.7. The van der Waals surface area contributed by atoms with Gasteiger partial charge in [-0.1, -0.05) is 70.4 Å². The minimum atomic E-state index is -0.888. The van der Waals surface area contributed by atoms with Gasteiger partial charge in [0.1, 0.15) is 0 Å². The molecule has 2 N–H and O–H groups in total. The average Bonchev–Trinajstić information content (AvgIpc) is 2.51. The zero-order valence-corrected chi connectivity index (χ0v) is 14.4. The number of aliphatic hydroxyl groups excluding tert-OH is 1. The van der Waals surface area contributed by atoms with E-state index in [2.05, 4.69) is 19.1 Å². The molecular formula is C19H36O3. The van der Waals surface area contributed by atoms with E-state index in [1.165, 1.54) is 57.8 Å². The van der Waals surface area contributed by atoms with Crippen LogP contribution in [0.2, 0.25) is 0 Å². The maximum Gasteiger partial charge on any atom is 0.308 e. The monoisotopic (exact) mass is 312 g/mol. The summed E-state index contributed by atoms with van der Waals surface area (Å²) < 4.78 is 0. The van der Waals surface area contributed by atoms with E-state index in [-0.39, 0.29) is 6.61 Å². The summed E-state index contributed by atoms with van der Waals surface area (Å²) in [5, 5.41) is 17.7. The van der Waals surface area contributed by atoms with Crippen LogP contribution in [0.25, 0.3) is 0 Å². The minimum Gasteiger partial charge on any atom is -0.481 e. The summed E-state index contributed by atoms with van der Waals surface area (Å²) in [5.41, 5.74) is 0. The van der Waals surface area contributed by atoms with Gasteiger partial charge in [0.15, 0.2) is 0 Å². The third kappa shape index (κ3) is 14.1. The fourth-order valence-electron chi connectivity index (χ4n) is 2.58. The van der Waals surface area contributed by atoms with Crippen molar-refractivity contribution in [2.24, 2.45) is 5.92 Å². The minimum absolute atomic E-state index is 0.252. The van der Waals surface area contributed by atoms with E-state index < -0.39 is 11.9 Å². The molecule has 0 bridgehead atoms. The molecule has 0 aromatic carbocycles. The summed E-state index contributed by atoms with van der Waals surface area (Å²) in [6, 6.07) is 0. The Bertz CT molecular complexity index is 274. The van der Waals surface area contributed by atoms with Crippen LogP contribution in [0, 0.1) is 5.92 Å². The highest BCUT2D eigenvalue weighted by Crippen LogP contribution is 2.11. The van der Waals surface area contributed by atoms with Crippen LogP contribution < -0.4 is 0 Å². The molecule has 3 nitrogen and oxygen atoms in total. The Morgan fingerprint density at radius 1 is 0.864 bits per heavy atom. The molecule has 3 heteroatoms. The van der Waals surface area contributed by atoms with Gasteiger partial charge in [0.05, 0.1) is 12.5 Å². The van der Waals surface area contributed by atoms with Crippen LogP contribution in [0.4, 0.5) is 0 Å². The van der Waals surface area contributed by atoms with Crippen molar-refractivity contribution in [3.05, 3.63) is 12.2 Å². The summed E-state index contributed by atoms with van der Waals surface area (Å²) in [6.45, 7) is 2.00. The molecule has 0 amide bonds. The lowest BCUT2D eigenvalue weighted by atomic mass is 10.0. The van der Waals surface area contributed by atoms with Gasteiger partial charge in [0.2, 0.25) is 0 Å². The fourth-order valence-corrected chi connectivity index (χ4v) is 2.58. The van der Waals surface area contributed by atoms with E-state index in [1.807, 2.05) is 0 Å². The molecule has 0 saturated heterocycles. The molecule has 0 heterocycles. The van der Waals surface area contributed by atoms with Gasteiger partial charge in [-0.2, -0.15) is 0 Å². The first-order valence-corrected chi connectivity index (χ1v) is 9.21. The number of carbonyl (C=O) groups is 1. The van der Waals surface area contributed by atoms with Gasteiger partial charge in [0, 0.05) is 0 Å². The summed E-state index contributed by atoms with van der Waals surface area (Å²) in [6.07, 6.45) is 20.1. The highest BCUT2D eigenvalue weighted by atomic mass is 16.4. The van der Waals surface area contributed by atoms with Crippen LogP contribution in [0.15, 0.2) is 12.2 Å². The van der Waals surface area contributed by atoms with Gasteiger partial charge in [-0.3, -0.25) is 4.79 Å². The first-order valence-electron chi connectivity index (χ1n) is 9.21. The standard InChI is InChI=1S/C19H36O3/c1-2-3-4-5-6-7-8-9-10-11-12-13-14-15-16-18(17-20)19(21)22/h12-13,18,20H,2-11,14-17H2,1H3,(H,21,22). The number of allylic oxidation sites excluding steroid dienone is 2. The van der Waals surface area contributed by atoms with Gasteiger partial charge >= 0.3 is 5.97 Å². The Hall–Kier alpha value is -0.830. The Balaban J connectivity index is 3.26. The van der Waals surface area contributed by atoms with Crippen LogP contribution in [-0.2, 0) is 4.79 Å². The zero-order chi connectivity index (χ0) is 16.5. The number of aliphatic hydroxyl groups is 1. The molecule has 0 aromatic heterocycles. The van der Waals surface area contributed by atoms with Gasteiger partial charge in [-0.15, -0.1) is 0 Å². The van der Waals surface area contributed by atoms with Gasteiger partial charge in [0.25, 0.3) is 0 Å². The van der Waals surface area contributed by atoms with Crippen molar-refractivity contribution < 1.29 is 15.0 Å². The van der Waals surface area contributed by atoms with Crippen molar-refractivity contribution in [3.63, 3.8) is 0 Å². The third-order valence-corrected chi connectivity index (χ3v) is 4.13. The lowest BCUT2D eigenvalue weighted by Crippen LogP contribution is -2.17. The second-order valence-electron chi connectivity index (χ2n) is 6.24. The maximum absolute atomic E-state index is 10.7. The second-order valence-corrected chi connectivity index (χ2v) is 6.24. The van der Waals surface area contributed by atoms with Crippen molar-refractivity contribution in [2.75, 3.05) is 6.61 Å². The van der Waals surface area contributed by atoms with Crippen molar-refractivity contribution >= 4 is 5.97 Å². The average molecular weight is 312 g/mol. The Labute approximate surface area is 136 Å². The molecular weight excluding hydrogens is 276 g/mol. The first kappa shape index (κ1) is 21.2. The molecule has 0 aliphatic rings. The van der Waals surface area contributed by atoms with Crippen LogP contribution in [0.1, 0.15) is 90.4 Å². The summed E-state index contributed by atoms with van der Waals surface area (Å²) in [5.74, 6) is -1.48. The lowest BCUT2D eigenvalue weighted by molar-refractivity contribution is -0.143. The van der Waals surface area contributed by atoms with Crippen molar-refractivity contribution in [1.29, 1.82) is 0 Å². The second kappa shape index (κ2) is 16.5. The quantitative estimate of drug-likeness (QED) is 0.299. The van der Waals surface area contributed by atoms with Crippen molar-refractivity contribution in [3.8, 4) is 0 Å². The summed E-state index contributed by atoms with van der Waals surface area (Å²) in [4.78, 5) is 10.7. The number of hydrogen-bond donors (Lipinski definition) is 2. The lowest BCUT2D eigenvalue weighted by Gasteiger charge is -2.06. The highest BCUT2D eigenvalue weighted by molar-refractivity contribution is 5.69. The molecule has 0 fully saturated rings. The molecule has 0 aliphatic heterocycles. The number of unbranched alkanes of at least 4 members (excludes halogenated alkanes) is 10. The van der Waals surface area contributed by atoms with E-state index in [1.54, 1.807) is 0 Å². The van der Waals surface area contributed by atoms with Crippen LogP contribution in [0.3, 0.4) is 0 Å². The predicted octanol–water partition coefficient (Wildman–Crippen LogP) is 5.33. The van der Waals surface area contributed by atoms with Crippen LogP contribution in [0.5, 0.6) is 0 Å². The van der Waals surface area contributed by atoms with Gasteiger partial charge < -0.3 is 10.2 Å². The first-order chi connectivity index (χ1) is 10.7. The van der Waals surface area contributed by atoms with E-state index in [0.29, 0.717) is 6.42 Å². The molecule has 0 spiro atoms. The van der Waals surface area contributed by atoms with Crippen LogP contribution in [-0.4, -0.2) is 22.8 Å². The number of hydrogen-bond acceptors (Lipinski definition) is 2. The molecule has 130 valence electrons. The summed E-state index contributed by atoms with van der Waals surface area (Å²) >= 11 is 0. The van der Waals surface area contributed by atoms with E-state index >= 15 is 0 Å². The van der Waals surface area contributed by atoms with Crippen LogP contribution >= 0.6 is 0 Å². The number of carboxylic acid groups (broad SMARTS) is 1. The Morgan fingerprint density at radius 2 is 1.36 bits per heavy atom. The molecule has 0 saturated carbocycles. The van der Waals surface area contributed by atoms with E-state index in [9.17, 15) is 4.79 Å². The Kier molecular flexibility index (Phi) is 15.9. The molecule has 1 atom stereocenters. The predicted molar refractivity (Wildman–Crippen MR) is 93.0 cm³/mol. The molecule has 0 aliphatic carbocycles. The number of aliphatic carboxylic acids is 1. The molecule has 0 aromatic rings. The fraction of sp³-hybridized carbons (Fsp3) is 0.842. The van der Waals surface area contributed by atoms with Crippen molar-refractivity contribution in [2.45, 2.75) is 90.4 Å². The number of rotatable bonds is 16. The van der Waals surface area contributed by atoms with Gasteiger partial charge in [-0.05, 0) is 32.1 Å². The molecule has 22 heavy (non-hydrogen) atoms.